The number of pyridine rings is 1. The van der Waals surface area contributed by atoms with Gasteiger partial charge in [0.2, 0.25) is 0 Å². The predicted molar refractivity (Wildman–Crippen MR) is 82.2 cm³/mol. The molecule has 0 saturated carbocycles. The van der Waals surface area contributed by atoms with Crippen molar-refractivity contribution in [2.45, 2.75) is 32.8 Å². The van der Waals surface area contributed by atoms with Gasteiger partial charge in [-0.2, -0.15) is 0 Å². The molecule has 21 heavy (non-hydrogen) atoms. The van der Waals surface area contributed by atoms with Gasteiger partial charge in [-0.25, -0.2) is 9.97 Å². The molecule has 1 fully saturated rings. The molecule has 1 N–H and O–H groups in total. The third kappa shape index (κ3) is 2.88. The van der Waals surface area contributed by atoms with Gasteiger partial charge in [-0.15, -0.1) is 0 Å². The second-order valence-corrected chi connectivity index (χ2v) is 5.56. The molecule has 3 rings (SSSR count). The fraction of sp³-hybridized carbons (Fsp3) is 0.438. The van der Waals surface area contributed by atoms with Crippen LogP contribution in [-0.2, 0) is 0 Å². The number of nitrogens with zero attached hydrogens (tertiary/aromatic N) is 4. The first-order chi connectivity index (χ1) is 10.1. The Morgan fingerprint density at radius 2 is 2.14 bits per heavy atom. The van der Waals surface area contributed by atoms with E-state index in [0.717, 1.165) is 42.0 Å². The van der Waals surface area contributed by atoms with Crippen molar-refractivity contribution < 1.29 is 5.11 Å². The third-order valence-electron chi connectivity index (χ3n) is 3.98. The number of β-amino-alcohol motifs (C(OH)–C–C–N with tert-alkyl or cyclic N) is 1. The minimum atomic E-state index is -0.268. The molecule has 0 aromatic carbocycles. The fourth-order valence-electron chi connectivity index (χ4n) is 2.69. The van der Waals surface area contributed by atoms with Gasteiger partial charge in [-0.3, -0.25) is 4.98 Å². The van der Waals surface area contributed by atoms with Gasteiger partial charge in [0.1, 0.15) is 5.82 Å². The maximum atomic E-state index is 9.89. The molecular formula is C16H20N4O. The van der Waals surface area contributed by atoms with Crippen LogP contribution in [0.5, 0.6) is 0 Å². The van der Waals surface area contributed by atoms with Crippen LogP contribution < -0.4 is 4.90 Å². The van der Waals surface area contributed by atoms with E-state index in [4.69, 9.17) is 4.98 Å². The van der Waals surface area contributed by atoms with Crippen LogP contribution in [0, 0.1) is 13.8 Å². The molecule has 1 atom stereocenters. The van der Waals surface area contributed by atoms with E-state index in [1.165, 1.54) is 0 Å². The number of anilines is 1. The quantitative estimate of drug-likeness (QED) is 0.915. The summed E-state index contributed by atoms with van der Waals surface area (Å²) in [5.74, 6) is 1.63. The maximum Gasteiger partial charge on any atom is 0.163 e. The minimum Gasteiger partial charge on any atom is -0.391 e. The Balaban J connectivity index is 2.02. The average Bonchev–Trinajstić information content (AvgIpc) is 2.51. The van der Waals surface area contributed by atoms with Crippen molar-refractivity contribution in [3.8, 4) is 11.4 Å². The Morgan fingerprint density at radius 1 is 1.29 bits per heavy atom. The SMILES string of the molecule is Cc1nc(-c2cccnc2)nc(N2CCCC(O)C2)c1C. The summed E-state index contributed by atoms with van der Waals surface area (Å²) in [4.78, 5) is 15.6. The van der Waals surface area contributed by atoms with Gasteiger partial charge in [-0.05, 0) is 38.8 Å². The van der Waals surface area contributed by atoms with E-state index in [1.807, 2.05) is 26.0 Å². The lowest BCUT2D eigenvalue weighted by Crippen LogP contribution is -2.39. The van der Waals surface area contributed by atoms with Crippen molar-refractivity contribution in [3.63, 3.8) is 0 Å². The first-order valence-corrected chi connectivity index (χ1v) is 7.34. The summed E-state index contributed by atoms with van der Waals surface area (Å²) in [7, 11) is 0. The molecule has 5 heteroatoms. The molecule has 1 unspecified atom stereocenters. The number of hydrogen-bond acceptors (Lipinski definition) is 5. The maximum absolute atomic E-state index is 9.89. The first kappa shape index (κ1) is 13.9. The molecule has 0 bridgehead atoms. The number of aryl methyl sites for hydroxylation is 1. The summed E-state index contributed by atoms with van der Waals surface area (Å²) in [6.45, 7) is 5.62. The van der Waals surface area contributed by atoms with Gasteiger partial charge < -0.3 is 10.0 Å². The number of hydrogen-bond donors (Lipinski definition) is 1. The molecule has 3 heterocycles. The lowest BCUT2D eigenvalue weighted by molar-refractivity contribution is 0.154. The van der Waals surface area contributed by atoms with E-state index in [0.29, 0.717) is 12.4 Å². The molecule has 1 aliphatic rings. The molecule has 2 aromatic rings. The van der Waals surface area contributed by atoms with Crippen LogP contribution in [0.4, 0.5) is 5.82 Å². The van der Waals surface area contributed by atoms with E-state index in [2.05, 4.69) is 14.9 Å². The second kappa shape index (κ2) is 5.77. The highest BCUT2D eigenvalue weighted by Gasteiger charge is 2.22. The van der Waals surface area contributed by atoms with E-state index in [9.17, 15) is 5.11 Å². The van der Waals surface area contributed by atoms with Crippen molar-refractivity contribution in [2.75, 3.05) is 18.0 Å². The molecule has 0 spiro atoms. The van der Waals surface area contributed by atoms with Gasteiger partial charge in [0.25, 0.3) is 0 Å². The van der Waals surface area contributed by atoms with Crippen molar-refractivity contribution in [1.82, 2.24) is 15.0 Å². The molecule has 110 valence electrons. The Morgan fingerprint density at radius 3 is 2.86 bits per heavy atom. The summed E-state index contributed by atoms with van der Waals surface area (Å²) < 4.78 is 0. The lowest BCUT2D eigenvalue weighted by Gasteiger charge is -2.32. The van der Waals surface area contributed by atoms with Crippen molar-refractivity contribution >= 4 is 5.82 Å². The zero-order chi connectivity index (χ0) is 14.8. The Kier molecular flexibility index (Phi) is 3.84. The minimum absolute atomic E-state index is 0.268. The van der Waals surface area contributed by atoms with E-state index in [-0.39, 0.29) is 6.10 Å². The van der Waals surface area contributed by atoms with Gasteiger partial charge in [-0.1, -0.05) is 0 Å². The Labute approximate surface area is 124 Å². The zero-order valence-corrected chi connectivity index (χ0v) is 12.5. The summed E-state index contributed by atoms with van der Waals surface area (Å²) >= 11 is 0. The lowest BCUT2D eigenvalue weighted by atomic mass is 10.1. The van der Waals surface area contributed by atoms with E-state index in [1.54, 1.807) is 12.4 Å². The Hall–Kier alpha value is -2.01. The van der Waals surface area contributed by atoms with E-state index >= 15 is 0 Å². The topological polar surface area (TPSA) is 62.1 Å². The predicted octanol–water partition coefficient (Wildman–Crippen LogP) is 2.12. The van der Waals surface area contributed by atoms with Crippen LogP contribution in [-0.4, -0.2) is 39.3 Å². The number of piperidine rings is 1. The molecule has 0 radical (unpaired) electrons. The van der Waals surface area contributed by atoms with Crippen LogP contribution in [0.1, 0.15) is 24.1 Å². The number of rotatable bonds is 2. The Bertz CT molecular complexity index is 630. The van der Waals surface area contributed by atoms with Crippen LogP contribution in [0.25, 0.3) is 11.4 Å². The standard InChI is InChI=1S/C16H20N4O/c1-11-12(2)18-15(13-5-3-7-17-9-13)19-16(11)20-8-4-6-14(21)10-20/h3,5,7,9,14,21H,4,6,8,10H2,1-2H3. The number of aliphatic hydroxyl groups excluding tert-OH is 1. The summed E-state index contributed by atoms with van der Waals surface area (Å²) in [6.07, 6.45) is 5.11. The average molecular weight is 284 g/mol. The highest BCUT2D eigenvalue weighted by atomic mass is 16.3. The normalized spacial score (nSPS) is 18.8. The monoisotopic (exact) mass is 284 g/mol. The molecule has 1 saturated heterocycles. The van der Waals surface area contributed by atoms with Gasteiger partial charge in [0, 0.05) is 42.3 Å². The molecule has 2 aromatic heterocycles. The molecule has 1 aliphatic heterocycles. The molecule has 5 nitrogen and oxygen atoms in total. The number of aromatic nitrogens is 3. The molecule has 0 amide bonds. The molecular weight excluding hydrogens is 264 g/mol. The summed E-state index contributed by atoms with van der Waals surface area (Å²) in [5.41, 5.74) is 2.97. The van der Waals surface area contributed by atoms with Crippen LogP contribution in [0.2, 0.25) is 0 Å². The van der Waals surface area contributed by atoms with Crippen molar-refractivity contribution in [1.29, 1.82) is 0 Å². The van der Waals surface area contributed by atoms with Gasteiger partial charge in [0.15, 0.2) is 5.82 Å². The zero-order valence-electron chi connectivity index (χ0n) is 12.5. The van der Waals surface area contributed by atoms with E-state index < -0.39 is 0 Å². The summed E-state index contributed by atoms with van der Waals surface area (Å²) in [5, 5.41) is 9.89. The highest BCUT2D eigenvalue weighted by Crippen LogP contribution is 2.26. The van der Waals surface area contributed by atoms with Gasteiger partial charge >= 0.3 is 0 Å². The van der Waals surface area contributed by atoms with Crippen molar-refractivity contribution in [3.05, 3.63) is 35.8 Å². The first-order valence-electron chi connectivity index (χ1n) is 7.34. The van der Waals surface area contributed by atoms with Crippen LogP contribution >= 0.6 is 0 Å². The molecule has 0 aliphatic carbocycles. The van der Waals surface area contributed by atoms with Crippen molar-refractivity contribution in [2.24, 2.45) is 0 Å². The second-order valence-electron chi connectivity index (χ2n) is 5.56. The number of aliphatic hydroxyl groups is 1. The fourth-order valence-corrected chi connectivity index (χ4v) is 2.69. The smallest absolute Gasteiger partial charge is 0.163 e. The largest absolute Gasteiger partial charge is 0.391 e. The summed E-state index contributed by atoms with van der Waals surface area (Å²) in [6, 6.07) is 3.85. The van der Waals surface area contributed by atoms with Gasteiger partial charge in [0.05, 0.1) is 6.10 Å². The third-order valence-corrected chi connectivity index (χ3v) is 3.98. The van der Waals surface area contributed by atoms with Crippen LogP contribution in [0.15, 0.2) is 24.5 Å². The van der Waals surface area contributed by atoms with Crippen LogP contribution in [0.3, 0.4) is 0 Å². The highest BCUT2D eigenvalue weighted by molar-refractivity contribution is 5.59.